The third-order valence-corrected chi connectivity index (χ3v) is 4.68. The molecule has 1 radical (unpaired) electrons. The van der Waals surface area contributed by atoms with E-state index in [9.17, 15) is 4.80 Å². The summed E-state index contributed by atoms with van der Waals surface area (Å²) in [6.45, 7) is 7.77. The smallest absolute Gasteiger partial charge is 0.345 e. The molecule has 0 aliphatic carbocycles. The van der Waals surface area contributed by atoms with Crippen LogP contribution in [-0.4, -0.2) is 17.6 Å². The van der Waals surface area contributed by atoms with E-state index < -0.39 is 17.6 Å². The van der Waals surface area contributed by atoms with Crippen molar-refractivity contribution in [2.45, 2.75) is 26.2 Å². The second-order valence-electron chi connectivity index (χ2n) is 2.80. The Morgan fingerprint density at radius 1 is 1.38 bits per heavy atom. The van der Waals surface area contributed by atoms with Crippen LogP contribution in [0.1, 0.15) is 0 Å². The van der Waals surface area contributed by atoms with Crippen molar-refractivity contribution in [1.82, 2.24) is 0 Å². The highest BCUT2D eigenvalue weighted by Crippen LogP contribution is 2.02. The summed E-state index contributed by atoms with van der Waals surface area (Å²) in [7, 11) is -3.45. The Balaban J connectivity index is 3.39. The molecule has 0 N–H and O–H groups in total. The van der Waals surface area contributed by atoms with Crippen molar-refractivity contribution in [2.75, 3.05) is 0 Å². The van der Waals surface area contributed by atoms with Crippen molar-refractivity contribution in [3.63, 3.8) is 0 Å². The van der Waals surface area contributed by atoms with Crippen LogP contribution >= 0.6 is 0 Å². The molecule has 0 saturated carbocycles. The molecule has 0 fully saturated rings. The summed E-state index contributed by atoms with van der Waals surface area (Å²) in [5, 5.41) is 0. The Morgan fingerprint density at radius 3 is 1.75 bits per heavy atom. The van der Waals surface area contributed by atoms with E-state index in [-0.39, 0.29) is 0 Å². The number of hydrogen-bond donors (Lipinski definition) is 0. The first-order valence-electron chi connectivity index (χ1n) is 2.75. The fourth-order valence-corrected chi connectivity index (χ4v) is 4.48. The van der Waals surface area contributed by atoms with Gasteiger partial charge in [0.2, 0.25) is 0 Å². The summed E-state index contributed by atoms with van der Waals surface area (Å²) in [6, 6.07) is 0. The van der Waals surface area contributed by atoms with Gasteiger partial charge in [0.15, 0.2) is 8.32 Å². The number of rotatable bonds is 2. The average molecular weight is 149 g/mol. The molecule has 49 valence electrons. The van der Waals surface area contributed by atoms with Crippen molar-refractivity contribution in [3.05, 3.63) is 0 Å². The van der Waals surface area contributed by atoms with Crippen LogP contribution in [0.25, 0.3) is 0 Å². The van der Waals surface area contributed by atoms with E-state index in [0.717, 1.165) is 0 Å². The second-order valence-corrected chi connectivity index (χ2v) is 9.10. The van der Waals surface area contributed by atoms with Gasteiger partial charge < -0.3 is 4.12 Å². The van der Waals surface area contributed by atoms with E-state index in [2.05, 4.69) is 0 Å². The Labute approximate surface area is 53.5 Å². The molecule has 0 aromatic rings. The molecular weight excluding hydrogens is 136 g/mol. The summed E-state index contributed by atoms with van der Waals surface area (Å²) >= 11 is 0. The Morgan fingerprint density at radius 2 is 1.75 bits per heavy atom. The monoisotopic (exact) mass is 149 g/mol. The highest BCUT2D eigenvalue weighted by atomic mass is 28.4. The molecule has 0 aliphatic heterocycles. The van der Waals surface area contributed by atoms with Gasteiger partial charge in [-0.15, -0.1) is 0 Å². The van der Waals surface area contributed by atoms with Crippen molar-refractivity contribution in [2.24, 2.45) is 0 Å². The Bertz CT molecular complexity index is 66.9. The third-order valence-electron chi connectivity index (χ3n) is 0.520. The Hall–Kier alpha value is 0.354. The van der Waals surface area contributed by atoms with Crippen LogP contribution < -0.4 is 0 Å². The lowest BCUT2D eigenvalue weighted by Gasteiger charge is -2.17. The van der Waals surface area contributed by atoms with Crippen LogP contribution in [0.3, 0.4) is 0 Å². The molecule has 0 saturated heterocycles. The summed E-state index contributed by atoms with van der Waals surface area (Å²) in [4.78, 5) is 10.5. The first kappa shape index (κ1) is 8.35. The van der Waals surface area contributed by atoms with Gasteiger partial charge in [-0.2, -0.15) is 0 Å². The van der Waals surface area contributed by atoms with Crippen LogP contribution in [-0.2, 0) is 8.91 Å². The van der Waals surface area contributed by atoms with Gasteiger partial charge in [-0.25, -0.2) is 0 Å². The van der Waals surface area contributed by atoms with Crippen molar-refractivity contribution >= 4 is 17.6 Å². The standard InChI is InChI=1S/C4H13O2Si2/c1-7(5)6-8(2,3)4/h7H,1-4H3. The first-order chi connectivity index (χ1) is 3.42. The van der Waals surface area contributed by atoms with Gasteiger partial charge in [0.25, 0.3) is 0 Å². The maximum absolute atomic E-state index is 10.5. The van der Waals surface area contributed by atoms with E-state index >= 15 is 0 Å². The minimum absolute atomic E-state index is 1.47. The predicted octanol–water partition coefficient (Wildman–Crippen LogP) is 1.12. The molecule has 0 aromatic carbocycles. The summed E-state index contributed by atoms with van der Waals surface area (Å²) in [5.41, 5.74) is 0. The molecule has 1 atom stereocenters. The van der Waals surface area contributed by atoms with Crippen molar-refractivity contribution < 1.29 is 8.91 Å². The molecule has 0 amide bonds. The summed E-state index contributed by atoms with van der Waals surface area (Å²) < 4.78 is 5.16. The largest absolute Gasteiger partial charge is 0.437 e. The van der Waals surface area contributed by atoms with E-state index in [0.29, 0.717) is 0 Å². The number of hydrogen-bond acceptors (Lipinski definition) is 1. The minimum atomic E-state index is -1.98. The quantitative estimate of drug-likeness (QED) is 0.541. The molecule has 1 unspecified atom stereocenters. The maximum atomic E-state index is 10.5. The summed E-state index contributed by atoms with van der Waals surface area (Å²) in [6.07, 6.45) is 0. The zero-order valence-corrected chi connectivity index (χ0v) is 8.05. The second kappa shape index (κ2) is 2.77. The van der Waals surface area contributed by atoms with Crippen molar-refractivity contribution in [1.29, 1.82) is 0 Å². The average Bonchev–Trinajstić information content (AvgIpc) is 1.21. The van der Waals surface area contributed by atoms with Gasteiger partial charge in [0.1, 0.15) is 0 Å². The molecule has 0 bridgehead atoms. The lowest BCUT2D eigenvalue weighted by molar-refractivity contribution is 0.350. The highest BCUT2D eigenvalue weighted by molar-refractivity contribution is 6.75. The van der Waals surface area contributed by atoms with E-state index in [4.69, 9.17) is 4.12 Å². The van der Waals surface area contributed by atoms with E-state index in [1.807, 2.05) is 19.6 Å². The molecule has 4 heteroatoms. The van der Waals surface area contributed by atoms with Crippen LogP contribution in [0.15, 0.2) is 0 Å². The van der Waals surface area contributed by atoms with Crippen LogP contribution in [0.4, 0.5) is 0 Å². The fraction of sp³-hybridized carbons (Fsp3) is 1.00. The zero-order chi connectivity index (χ0) is 6.78. The van der Waals surface area contributed by atoms with Gasteiger partial charge in [0, 0.05) is 0 Å². The predicted molar refractivity (Wildman–Crippen MR) is 38.1 cm³/mol. The first-order valence-corrected chi connectivity index (χ1v) is 8.26. The molecule has 0 aromatic heterocycles. The fourth-order valence-electron chi connectivity index (χ4n) is 0.498. The maximum Gasteiger partial charge on any atom is 0.345 e. The third kappa shape index (κ3) is 6.35. The Kier molecular flexibility index (Phi) is 2.89. The van der Waals surface area contributed by atoms with E-state index in [1.165, 1.54) is 0 Å². The van der Waals surface area contributed by atoms with Gasteiger partial charge >= 0.3 is 9.28 Å². The lowest BCUT2D eigenvalue weighted by Crippen LogP contribution is -2.32. The highest BCUT2D eigenvalue weighted by Gasteiger charge is 2.17. The molecular formula is C4H13O2Si2. The molecule has 0 rings (SSSR count). The molecule has 8 heavy (non-hydrogen) atoms. The van der Waals surface area contributed by atoms with Gasteiger partial charge in [-0.1, -0.05) is 0 Å². The van der Waals surface area contributed by atoms with Crippen LogP contribution in [0.5, 0.6) is 0 Å². The van der Waals surface area contributed by atoms with Crippen molar-refractivity contribution in [3.8, 4) is 0 Å². The van der Waals surface area contributed by atoms with Crippen LogP contribution in [0, 0.1) is 0 Å². The zero-order valence-electron chi connectivity index (χ0n) is 5.89. The molecule has 2 nitrogen and oxygen atoms in total. The van der Waals surface area contributed by atoms with Gasteiger partial charge in [-0.05, 0) is 26.2 Å². The van der Waals surface area contributed by atoms with E-state index in [1.54, 1.807) is 6.55 Å². The van der Waals surface area contributed by atoms with Gasteiger partial charge in [-0.3, -0.25) is 4.80 Å². The molecule has 0 heterocycles. The van der Waals surface area contributed by atoms with Gasteiger partial charge in [0.05, 0.1) is 0 Å². The lowest BCUT2D eigenvalue weighted by atomic mass is 11.8. The summed E-state index contributed by atoms with van der Waals surface area (Å²) in [5.74, 6) is 0. The topological polar surface area (TPSA) is 29.1 Å². The normalized spacial score (nSPS) is 16.1. The minimum Gasteiger partial charge on any atom is -0.437 e. The van der Waals surface area contributed by atoms with Crippen LogP contribution in [0.2, 0.25) is 26.2 Å². The molecule has 0 aliphatic rings. The molecule has 0 spiro atoms. The SMILES string of the molecule is C[SiH]([O])O[Si](C)(C)C.